The number of anilines is 1. The van der Waals surface area contributed by atoms with Crippen LogP contribution in [0.4, 0.5) is 5.69 Å². The van der Waals surface area contributed by atoms with Gasteiger partial charge in [0, 0.05) is 56.3 Å². The molecular formula is C20H28N4O3. The molecule has 0 bridgehead atoms. The molecule has 2 aliphatic rings. The Kier molecular flexibility index (Phi) is 6.11. The zero-order chi connectivity index (χ0) is 19.4. The van der Waals surface area contributed by atoms with Crippen molar-refractivity contribution >= 4 is 23.4 Å². The van der Waals surface area contributed by atoms with Gasteiger partial charge >= 0.3 is 0 Å². The molecule has 2 N–H and O–H groups in total. The fourth-order valence-corrected chi connectivity index (χ4v) is 3.95. The van der Waals surface area contributed by atoms with E-state index in [1.807, 2.05) is 19.2 Å². The van der Waals surface area contributed by atoms with Gasteiger partial charge in [0.15, 0.2) is 0 Å². The van der Waals surface area contributed by atoms with E-state index < -0.39 is 0 Å². The Morgan fingerprint density at radius 2 is 2.00 bits per heavy atom. The zero-order valence-electron chi connectivity index (χ0n) is 16.0. The number of hydrogen-bond donors (Lipinski definition) is 2. The van der Waals surface area contributed by atoms with Crippen LogP contribution in [0.1, 0.15) is 42.5 Å². The molecule has 3 amide bonds. The van der Waals surface area contributed by atoms with E-state index in [2.05, 4.69) is 15.5 Å². The van der Waals surface area contributed by atoms with Gasteiger partial charge in [-0.1, -0.05) is 6.07 Å². The minimum atomic E-state index is -0.133. The largest absolute Gasteiger partial charge is 0.359 e. The first kappa shape index (κ1) is 19.4. The summed E-state index contributed by atoms with van der Waals surface area (Å²) in [7, 11) is 3.66. The minimum absolute atomic E-state index is 0.0461. The molecular weight excluding hydrogens is 344 g/mol. The van der Waals surface area contributed by atoms with Crippen molar-refractivity contribution in [3.63, 3.8) is 0 Å². The maximum Gasteiger partial charge on any atom is 0.251 e. The molecule has 7 heteroatoms. The highest BCUT2D eigenvalue weighted by Crippen LogP contribution is 2.25. The zero-order valence-corrected chi connectivity index (χ0v) is 16.0. The van der Waals surface area contributed by atoms with Gasteiger partial charge in [-0.2, -0.15) is 0 Å². The number of amides is 3. The number of likely N-dealkylation sites (N-methyl/N-ethyl adjacent to an activating group) is 1. The highest BCUT2D eigenvalue weighted by molar-refractivity contribution is 5.99. The van der Waals surface area contributed by atoms with Crippen LogP contribution in [0.25, 0.3) is 0 Å². The van der Waals surface area contributed by atoms with Crippen molar-refractivity contribution < 1.29 is 14.4 Å². The van der Waals surface area contributed by atoms with Gasteiger partial charge in [0.2, 0.25) is 11.8 Å². The summed E-state index contributed by atoms with van der Waals surface area (Å²) in [5.41, 5.74) is 1.35. The highest BCUT2D eigenvalue weighted by Gasteiger charge is 2.31. The predicted molar refractivity (Wildman–Crippen MR) is 104 cm³/mol. The number of carbonyl (C=O) groups excluding carboxylic acids is 3. The molecule has 0 saturated carbocycles. The topological polar surface area (TPSA) is 81.8 Å². The number of rotatable bonds is 6. The van der Waals surface area contributed by atoms with E-state index >= 15 is 0 Å². The Morgan fingerprint density at radius 3 is 2.70 bits per heavy atom. The Hall–Kier alpha value is -2.41. The molecule has 146 valence electrons. The second-order valence-electron chi connectivity index (χ2n) is 7.34. The molecule has 0 aliphatic carbocycles. The van der Waals surface area contributed by atoms with E-state index in [0.717, 1.165) is 24.9 Å². The minimum Gasteiger partial charge on any atom is -0.359 e. The number of carbonyl (C=O) groups is 3. The Balaban J connectivity index is 1.55. The predicted octanol–water partition coefficient (Wildman–Crippen LogP) is 1.14. The molecule has 7 nitrogen and oxygen atoms in total. The van der Waals surface area contributed by atoms with Gasteiger partial charge in [-0.25, -0.2) is 0 Å². The van der Waals surface area contributed by atoms with Crippen molar-refractivity contribution in [1.29, 1.82) is 0 Å². The van der Waals surface area contributed by atoms with Crippen molar-refractivity contribution in [1.82, 2.24) is 15.5 Å². The summed E-state index contributed by atoms with van der Waals surface area (Å²) in [6, 6.07) is 7.69. The lowest BCUT2D eigenvalue weighted by atomic mass is 10.1. The van der Waals surface area contributed by atoms with Crippen LogP contribution in [0, 0.1) is 0 Å². The molecule has 2 atom stereocenters. The summed E-state index contributed by atoms with van der Waals surface area (Å²) in [5, 5.41) is 5.67. The van der Waals surface area contributed by atoms with Crippen molar-refractivity contribution in [2.24, 2.45) is 0 Å². The van der Waals surface area contributed by atoms with Gasteiger partial charge in [0.1, 0.15) is 0 Å². The Morgan fingerprint density at radius 1 is 1.22 bits per heavy atom. The average molecular weight is 372 g/mol. The fraction of sp³-hybridized carbons (Fsp3) is 0.550. The first-order valence-corrected chi connectivity index (χ1v) is 9.60. The van der Waals surface area contributed by atoms with Gasteiger partial charge in [0.25, 0.3) is 5.91 Å². The third-order valence-corrected chi connectivity index (χ3v) is 5.68. The lowest BCUT2D eigenvalue weighted by Crippen LogP contribution is -2.42. The van der Waals surface area contributed by atoms with E-state index in [-0.39, 0.29) is 29.8 Å². The molecule has 0 aromatic heterocycles. The lowest BCUT2D eigenvalue weighted by Gasteiger charge is -2.25. The normalized spacial score (nSPS) is 22.9. The summed E-state index contributed by atoms with van der Waals surface area (Å²) in [4.78, 5) is 40.0. The van der Waals surface area contributed by atoms with Crippen LogP contribution in [-0.4, -0.2) is 61.9 Å². The van der Waals surface area contributed by atoms with E-state index in [4.69, 9.17) is 0 Å². The Labute approximate surface area is 160 Å². The molecule has 2 saturated heterocycles. The highest BCUT2D eigenvalue weighted by atomic mass is 16.2. The number of likely N-dealkylation sites (tertiary alicyclic amines) is 1. The summed E-state index contributed by atoms with van der Waals surface area (Å²) >= 11 is 0. The molecule has 1 aromatic rings. The first-order valence-electron chi connectivity index (χ1n) is 9.60. The maximum absolute atomic E-state index is 12.6. The summed E-state index contributed by atoms with van der Waals surface area (Å²) in [6.07, 6.45) is 3.84. The third kappa shape index (κ3) is 4.47. The maximum atomic E-state index is 12.6. The van der Waals surface area contributed by atoms with Crippen LogP contribution in [0.2, 0.25) is 0 Å². The Bertz CT molecular complexity index is 721. The van der Waals surface area contributed by atoms with Crippen LogP contribution in [-0.2, 0) is 9.59 Å². The van der Waals surface area contributed by atoms with E-state index in [0.29, 0.717) is 31.5 Å². The number of nitrogens with zero attached hydrogens (tertiary/aromatic N) is 2. The number of nitrogens with one attached hydrogen (secondary N) is 2. The molecule has 0 spiro atoms. The summed E-state index contributed by atoms with van der Waals surface area (Å²) in [5.74, 6) is 0.0266. The van der Waals surface area contributed by atoms with Gasteiger partial charge in [-0.05, 0) is 44.5 Å². The van der Waals surface area contributed by atoms with E-state index in [1.54, 1.807) is 24.1 Å². The molecule has 3 rings (SSSR count). The van der Waals surface area contributed by atoms with Gasteiger partial charge in [0.05, 0.1) is 0 Å². The molecule has 27 heavy (non-hydrogen) atoms. The molecule has 0 unspecified atom stereocenters. The monoisotopic (exact) mass is 372 g/mol. The number of hydrogen-bond acceptors (Lipinski definition) is 4. The number of benzene rings is 1. The third-order valence-electron chi connectivity index (χ3n) is 5.68. The average Bonchev–Trinajstić information content (AvgIpc) is 3.26. The van der Waals surface area contributed by atoms with Crippen LogP contribution >= 0.6 is 0 Å². The fourth-order valence-electron chi connectivity index (χ4n) is 3.95. The summed E-state index contributed by atoms with van der Waals surface area (Å²) < 4.78 is 0. The van der Waals surface area contributed by atoms with Crippen LogP contribution < -0.4 is 15.5 Å². The molecule has 2 aliphatic heterocycles. The van der Waals surface area contributed by atoms with E-state index in [9.17, 15) is 14.4 Å². The molecule has 1 aromatic carbocycles. The van der Waals surface area contributed by atoms with Crippen molar-refractivity contribution in [3.8, 4) is 0 Å². The van der Waals surface area contributed by atoms with Crippen LogP contribution in [0.5, 0.6) is 0 Å². The van der Waals surface area contributed by atoms with Crippen LogP contribution in [0.15, 0.2) is 24.3 Å². The van der Waals surface area contributed by atoms with Gasteiger partial charge < -0.3 is 15.5 Å². The van der Waals surface area contributed by atoms with E-state index in [1.165, 1.54) is 0 Å². The quantitative estimate of drug-likeness (QED) is 0.785. The summed E-state index contributed by atoms with van der Waals surface area (Å²) in [6.45, 7) is 1.26. The van der Waals surface area contributed by atoms with Gasteiger partial charge in [-0.15, -0.1) is 0 Å². The lowest BCUT2D eigenvalue weighted by molar-refractivity contribution is -0.121. The van der Waals surface area contributed by atoms with Crippen molar-refractivity contribution in [2.75, 3.05) is 32.1 Å². The van der Waals surface area contributed by atoms with Gasteiger partial charge in [-0.3, -0.25) is 19.3 Å². The second kappa shape index (κ2) is 8.52. The standard InChI is InChI=1S/C20H28N4O3/c1-21-18(25)12-15-8-9-17(23(15)2)13-22-20(27)14-5-3-6-16(11-14)24-10-4-7-19(24)26/h3,5-6,11,15,17H,4,7-10,12-13H2,1-2H3,(H,21,25)(H,22,27)/t15-,17+/m1/s1. The molecule has 2 fully saturated rings. The van der Waals surface area contributed by atoms with Crippen LogP contribution in [0.3, 0.4) is 0 Å². The molecule has 0 radical (unpaired) electrons. The second-order valence-corrected chi connectivity index (χ2v) is 7.34. The van der Waals surface area contributed by atoms with Crippen molar-refractivity contribution in [2.45, 2.75) is 44.2 Å². The first-order chi connectivity index (χ1) is 13.0. The molecule has 2 heterocycles. The smallest absolute Gasteiger partial charge is 0.251 e. The van der Waals surface area contributed by atoms with Crippen molar-refractivity contribution in [3.05, 3.63) is 29.8 Å². The SMILES string of the molecule is CNC(=O)C[C@H]1CC[C@@H](CNC(=O)c2cccc(N3CCCC3=O)c2)N1C.